The lowest BCUT2D eigenvalue weighted by Crippen LogP contribution is -2.34. The van der Waals surface area contributed by atoms with Gasteiger partial charge in [-0.15, -0.1) is 11.3 Å². The Bertz CT molecular complexity index is 518. The molecule has 1 aromatic carbocycles. The van der Waals surface area contributed by atoms with Gasteiger partial charge in [0, 0.05) is 35.9 Å². The zero-order valence-corrected chi connectivity index (χ0v) is 11.9. The highest BCUT2D eigenvalue weighted by molar-refractivity contribution is 7.13. The minimum absolute atomic E-state index is 0.0630. The van der Waals surface area contributed by atoms with Gasteiger partial charge in [0.1, 0.15) is 5.01 Å². The summed E-state index contributed by atoms with van der Waals surface area (Å²) in [4.78, 5) is 17.9. The van der Waals surface area contributed by atoms with E-state index in [0.29, 0.717) is 13.1 Å². The third-order valence-electron chi connectivity index (χ3n) is 2.87. The lowest BCUT2D eigenvalue weighted by Gasteiger charge is -2.19. The van der Waals surface area contributed by atoms with Crippen molar-refractivity contribution < 1.29 is 4.79 Å². The number of nitrogens with one attached hydrogen (secondary N) is 1. The molecule has 0 aliphatic heterocycles. The Morgan fingerprint density at radius 3 is 2.47 bits per heavy atom. The quantitative estimate of drug-likeness (QED) is 0.925. The summed E-state index contributed by atoms with van der Waals surface area (Å²) in [6.07, 6.45) is 1.79. The summed E-state index contributed by atoms with van der Waals surface area (Å²) >= 11 is 1.60. The van der Waals surface area contributed by atoms with Crippen molar-refractivity contribution in [3.8, 4) is 10.6 Å². The maximum absolute atomic E-state index is 11.9. The maximum atomic E-state index is 11.9. The number of nitrogens with zero attached hydrogens (tertiary/aromatic N) is 2. The van der Waals surface area contributed by atoms with E-state index in [1.54, 1.807) is 22.4 Å². The van der Waals surface area contributed by atoms with Gasteiger partial charge in [0.05, 0.1) is 0 Å². The number of thiazole rings is 1. The zero-order valence-electron chi connectivity index (χ0n) is 11.1. The largest absolute Gasteiger partial charge is 0.325 e. The number of hydrogen-bond donors (Lipinski definition) is 1. The van der Waals surface area contributed by atoms with Crippen molar-refractivity contribution in [1.82, 2.24) is 9.88 Å². The fraction of sp³-hybridized carbons (Fsp3) is 0.286. The Hall–Kier alpha value is -1.88. The summed E-state index contributed by atoms with van der Waals surface area (Å²) in [6.45, 7) is 5.35. The molecule has 0 unspecified atom stereocenters. The van der Waals surface area contributed by atoms with Gasteiger partial charge in [-0.1, -0.05) is 0 Å². The Balaban J connectivity index is 2.05. The van der Waals surface area contributed by atoms with Gasteiger partial charge in [-0.3, -0.25) is 0 Å². The highest BCUT2D eigenvalue weighted by atomic mass is 32.1. The first-order valence-corrected chi connectivity index (χ1v) is 7.18. The van der Waals surface area contributed by atoms with Crippen LogP contribution in [-0.4, -0.2) is 29.0 Å². The van der Waals surface area contributed by atoms with E-state index in [4.69, 9.17) is 0 Å². The van der Waals surface area contributed by atoms with Crippen LogP contribution in [0.3, 0.4) is 0 Å². The summed E-state index contributed by atoms with van der Waals surface area (Å²) < 4.78 is 0. The number of carbonyl (C=O) groups is 1. The summed E-state index contributed by atoms with van der Waals surface area (Å²) in [6, 6.07) is 7.68. The van der Waals surface area contributed by atoms with Crippen molar-refractivity contribution in [3.63, 3.8) is 0 Å². The summed E-state index contributed by atoms with van der Waals surface area (Å²) in [5.41, 5.74) is 1.87. The minimum atomic E-state index is -0.0630. The van der Waals surface area contributed by atoms with Crippen LogP contribution < -0.4 is 5.32 Å². The summed E-state index contributed by atoms with van der Waals surface area (Å²) in [5.74, 6) is 0. The van der Waals surface area contributed by atoms with Crippen LogP contribution in [0.2, 0.25) is 0 Å². The van der Waals surface area contributed by atoms with Gasteiger partial charge in [-0.25, -0.2) is 9.78 Å². The van der Waals surface area contributed by atoms with Crippen LogP contribution in [0, 0.1) is 0 Å². The van der Waals surface area contributed by atoms with Gasteiger partial charge in [-0.2, -0.15) is 0 Å². The first-order valence-electron chi connectivity index (χ1n) is 6.30. The molecular weight excluding hydrogens is 258 g/mol. The molecule has 1 N–H and O–H groups in total. The predicted octanol–water partition coefficient (Wildman–Crippen LogP) is 3.68. The molecule has 0 saturated carbocycles. The molecule has 4 nitrogen and oxygen atoms in total. The highest BCUT2D eigenvalue weighted by Crippen LogP contribution is 2.23. The van der Waals surface area contributed by atoms with Crippen molar-refractivity contribution in [2.45, 2.75) is 13.8 Å². The second kappa shape index (κ2) is 6.33. The number of benzene rings is 1. The molecule has 0 spiro atoms. The van der Waals surface area contributed by atoms with Gasteiger partial charge in [-0.05, 0) is 38.1 Å². The van der Waals surface area contributed by atoms with E-state index in [1.807, 2.05) is 43.5 Å². The van der Waals surface area contributed by atoms with E-state index in [0.717, 1.165) is 16.3 Å². The van der Waals surface area contributed by atoms with Crippen molar-refractivity contribution in [3.05, 3.63) is 35.8 Å². The monoisotopic (exact) mass is 275 g/mol. The molecule has 1 aromatic heterocycles. The second-order valence-electron chi connectivity index (χ2n) is 4.02. The van der Waals surface area contributed by atoms with Crippen LogP contribution in [0.5, 0.6) is 0 Å². The number of carbonyl (C=O) groups excluding carboxylic acids is 1. The smallest absolute Gasteiger partial charge is 0.321 e. The van der Waals surface area contributed by atoms with E-state index in [2.05, 4.69) is 10.3 Å². The summed E-state index contributed by atoms with van der Waals surface area (Å²) in [7, 11) is 0. The molecule has 0 aliphatic rings. The average molecular weight is 275 g/mol. The predicted molar refractivity (Wildman–Crippen MR) is 79.5 cm³/mol. The Labute approximate surface area is 117 Å². The van der Waals surface area contributed by atoms with Crippen molar-refractivity contribution >= 4 is 23.1 Å². The fourth-order valence-electron chi connectivity index (χ4n) is 1.78. The van der Waals surface area contributed by atoms with Gasteiger partial charge < -0.3 is 10.2 Å². The average Bonchev–Trinajstić information content (AvgIpc) is 2.95. The lowest BCUT2D eigenvalue weighted by atomic mass is 10.2. The normalized spacial score (nSPS) is 10.2. The molecule has 2 rings (SSSR count). The number of urea groups is 1. The highest BCUT2D eigenvalue weighted by Gasteiger charge is 2.09. The lowest BCUT2D eigenvalue weighted by molar-refractivity contribution is 0.217. The van der Waals surface area contributed by atoms with Gasteiger partial charge in [0.2, 0.25) is 0 Å². The SMILES string of the molecule is CCN(CC)C(=O)Nc1ccc(-c2nccs2)cc1. The van der Waals surface area contributed by atoms with E-state index >= 15 is 0 Å². The van der Waals surface area contributed by atoms with Crippen molar-refractivity contribution in [1.29, 1.82) is 0 Å². The molecule has 0 saturated heterocycles. The molecular formula is C14H17N3OS. The number of amides is 2. The van der Waals surface area contributed by atoms with E-state index in [1.165, 1.54) is 0 Å². The van der Waals surface area contributed by atoms with Crippen LogP contribution in [0.15, 0.2) is 35.8 Å². The van der Waals surface area contributed by atoms with E-state index in [-0.39, 0.29) is 6.03 Å². The van der Waals surface area contributed by atoms with Crippen LogP contribution in [0.4, 0.5) is 10.5 Å². The molecule has 0 atom stereocenters. The molecule has 0 bridgehead atoms. The van der Waals surface area contributed by atoms with Gasteiger partial charge in [0.25, 0.3) is 0 Å². The number of hydrogen-bond acceptors (Lipinski definition) is 3. The standard InChI is InChI=1S/C14H17N3OS/c1-3-17(4-2)14(18)16-12-7-5-11(6-8-12)13-15-9-10-19-13/h5-10H,3-4H2,1-2H3,(H,16,18). The van der Waals surface area contributed by atoms with E-state index < -0.39 is 0 Å². The molecule has 100 valence electrons. The molecule has 0 aliphatic carbocycles. The first-order chi connectivity index (χ1) is 9.24. The molecule has 0 fully saturated rings. The topological polar surface area (TPSA) is 45.2 Å². The number of anilines is 1. The Morgan fingerprint density at radius 1 is 1.26 bits per heavy atom. The third kappa shape index (κ3) is 3.32. The fourth-order valence-corrected chi connectivity index (χ4v) is 2.42. The van der Waals surface area contributed by atoms with Crippen molar-refractivity contribution in [2.75, 3.05) is 18.4 Å². The first kappa shape index (κ1) is 13.5. The molecule has 0 radical (unpaired) electrons. The maximum Gasteiger partial charge on any atom is 0.321 e. The molecule has 1 heterocycles. The van der Waals surface area contributed by atoms with E-state index in [9.17, 15) is 4.79 Å². The van der Waals surface area contributed by atoms with Gasteiger partial charge >= 0.3 is 6.03 Å². The Kier molecular flexibility index (Phi) is 4.52. The molecule has 2 aromatic rings. The molecule has 19 heavy (non-hydrogen) atoms. The molecule has 2 amide bonds. The minimum Gasteiger partial charge on any atom is -0.325 e. The third-order valence-corrected chi connectivity index (χ3v) is 3.69. The summed E-state index contributed by atoms with van der Waals surface area (Å²) in [5, 5.41) is 5.82. The Morgan fingerprint density at radius 2 is 1.95 bits per heavy atom. The van der Waals surface area contributed by atoms with Crippen LogP contribution in [0.1, 0.15) is 13.8 Å². The van der Waals surface area contributed by atoms with Crippen LogP contribution >= 0.6 is 11.3 Å². The van der Waals surface area contributed by atoms with Crippen LogP contribution in [-0.2, 0) is 0 Å². The number of aromatic nitrogens is 1. The zero-order chi connectivity index (χ0) is 13.7. The van der Waals surface area contributed by atoms with Crippen molar-refractivity contribution in [2.24, 2.45) is 0 Å². The second-order valence-corrected chi connectivity index (χ2v) is 4.91. The number of rotatable bonds is 4. The van der Waals surface area contributed by atoms with Crippen LogP contribution in [0.25, 0.3) is 10.6 Å². The van der Waals surface area contributed by atoms with Gasteiger partial charge in [0.15, 0.2) is 0 Å². The molecule has 5 heteroatoms.